The van der Waals surface area contributed by atoms with Crippen LogP contribution >= 0.6 is 0 Å². The molecule has 0 saturated heterocycles. The Morgan fingerprint density at radius 1 is 1.15 bits per heavy atom. The van der Waals surface area contributed by atoms with Crippen molar-refractivity contribution in [2.24, 2.45) is 0 Å². The Bertz CT molecular complexity index is 345. The molecule has 0 nitrogen and oxygen atoms in total. The standard InChI is InChI=1S/C11H10F2/c1-2-3-4-5-9-6-7-10(12)11(13)8-9/h6-8H,2,5H2,1H3. The molecule has 0 aliphatic rings. The molecule has 1 rings (SSSR count). The van der Waals surface area contributed by atoms with Crippen molar-refractivity contribution in [2.45, 2.75) is 19.8 Å². The second-order valence-corrected chi connectivity index (χ2v) is 2.63. The summed E-state index contributed by atoms with van der Waals surface area (Å²) in [7, 11) is 0. The van der Waals surface area contributed by atoms with Gasteiger partial charge in [0.2, 0.25) is 0 Å². The monoisotopic (exact) mass is 180 g/mol. The van der Waals surface area contributed by atoms with E-state index in [0.29, 0.717) is 12.0 Å². The third kappa shape index (κ3) is 2.87. The van der Waals surface area contributed by atoms with Crippen molar-refractivity contribution in [1.29, 1.82) is 0 Å². The Kier molecular flexibility index (Phi) is 3.45. The van der Waals surface area contributed by atoms with Crippen LogP contribution in [0.4, 0.5) is 8.78 Å². The van der Waals surface area contributed by atoms with Gasteiger partial charge in [-0.2, -0.15) is 0 Å². The highest BCUT2D eigenvalue weighted by Crippen LogP contribution is 2.08. The van der Waals surface area contributed by atoms with Crippen LogP contribution in [0.3, 0.4) is 0 Å². The molecule has 0 radical (unpaired) electrons. The summed E-state index contributed by atoms with van der Waals surface area (Å²) in [5.74, 6) is 4.10. The Morgan fingerprint density at radius 2 is 1.92 bits per heavy atom. The fourth-order valence-electron chi connectivity index (χ4n) is 0.939. The highest BCUT2D eigenvalue weighted by Gasteiger charge is 2.00. The van der Waals surface area contributed by atoms with Gasteiger partial charge in [-0.3, -0.25) is 0 Å². The zero-order valence-electron chi connectivity index (χ0n) is 7.40. The minimum atomic E-state index is -0.813. The van der Waals surface area contributed by atoms with Gasteiger partial charge in [0.1, 0.15) is 0 Å². The molecule has 0 unspecified atom stereocenters. The molecule has 0 saturated carbocycles. The summed E-state index contributed by atoms with van der Waals surface area (Å²) in [5, 5.41) is 0. The summed E-state index contributed by atoms with van der Waals surface area (Å²) in [6.45, 7) is 1.94. The van der Waals surface area contributed by atoms with E-state index in [-0.39, 0.29) is 0 Å². The van der Waals surface area contributed by atoms with Gasteiger partial charge in [0.05, 0.1) is 0 Å². The smallest absolute Gasteiger partial charge is 0.159 e. The van der Waals surface area contributed by atoms with Crippen LogP contribution in [0.2, 0.25) is 0 Å². The molecule has 0 fully saturated rings. The summed E-state index contributed by atoms with van der Waals surface area (Å²) < 4.78 is 25.1. The first-order valence-electron chi connectivity index (χ1n) is 4.13. The van der Waals surface area contributed by atoms with Gasteiger partial charge < -0.3 is 0 Å². The van der Waals surface area contributed by atoms with Crippen LogP contribution in [0.1, 0.15) is 18.9 Å². The first kappa shape index (κ1) is 9.73. The number of benzene rings is 1. The maximum absolute atomic E-state index is 12.7. The van der Waals surface area contributed by atoms with Gasteiger partial charge in [0.15, 0.2) is 11.6 Å². The maximum atomic E-state index is 12.7. The number of rotatable bonds is 1. The first-order chi connectivity index (χ1) is 6.24. The quantitative estimate of drug-likeness (QED) is 0.583. The lowest BCUT2D eigenvalue weighted by Gasteiger charge is -1.95. The minimum Gasteiger partial charge on any atom is -0.204 e. The number of hydrogen-bond donors (Lipinski definition) is 0. The Balaban J connectivity index is 2.74. The molecule has 1 aromatic carbocycles. The summed E-state index contributed by atoms with van der Waals surface area (Å²) in [6, 6.07) is 3.85. The van der Waals surface area contributed by atoms with Crippen LogP contribution in [0.25, 0.3) is 0 Å². The highest BCUT2D eigenvalue weighted by molar-refractivity contribution is 5.22. The molecule has 0 bridgehead atoms. The fourth-order valence-corrected chi connectivity index (χ4v) is 0.939. The second-order valence-electron chi connectivity index (χ2n) is 2.63. The Hall–Kier alpha value is -1.36. The minimum absolute atomic E-state index is 0.477. The Labute approximate surface area is 76.6 Å². The van der Waals surface area contributed by atoms with Crippen molar-refractivity contribution < 1.29 is 8.78 Å². The molecule has 0 N–H and O–H groups in total. The van der Waals surface area contributed by atoms with Crippen LogP contribution in [0, 0.1) is 23.5 Å². The van der Waals surface area contributed by atoms with E-state index in [4.69, 9.17) is 0 Å². The predicted octanol–water partition coefficient (Wildman–Crippen LogP) is 2.92. The van der Waals surface area contributed by atoms with Crippen molar-refractivity contribution in [3.63, 3.8) is 0 Å². The Morgan fingerprint density at radius 3 is 2.54 bits per heavy atom. The average Bonchev–Trinajstić information content (AvgIpc) is 2.12. The van der Waals surface area contributed by atoms with Crippen LogP contribution in [0.5, 0.6) is 0 Å². The van der Waals surface area contributed by atoms with Gasteiger partial charge in [-0.25, -0.2) is 8.78 Å². The van der Waals surface area contributed by atoms with Crippen molar-refractivity contribution in [1.82, 2.24) is 0 Å². The SMILES string of the molecule is CCC#CCc1ccc(F)c(F)c1. The van der Waals surface area contributed by atoms with Crippen LogP contribution in [0.15, 0.2) is 18.2 Å². The largest absolute Gasteiger partial charge is 0.204 e. The van der Waals surface area contributed by atoms with Gasteiger partial charge in [-0.15, -0.1) is 5.92 Å². The average molecular weight is 180 g/mol. The fraction of sp³-hybridized carbons (Fsp3) is 0.273. The summed E-state index contributed by atoms with van der Waals surface area (Å²) in [5.41, 5.74) is 0.708. The van der Waals surface area contributed by atoms with Gasteiger partial charge in [-0.1, -0.05) is 18.9 Å². The van der Waals surface area contributed by atoms with Gasteiger partial charge >= 0.3 is 0 Å². The van der Waals surface area contributed by atoms with E-state index in [1.165, 1.54) is 6.07 Å². The molecule has 2 heteroatoms. The normalized spacial score (nSPS) is 9.15. The van der Waals surface area contributed by atoms with E-state index in [9.17, 15) is 8.78 Å². The molecule has 0 aliphatic carbocycles. The molecule has 0 amide bonds. The third-order valence-corrected chi connectivity index (χ3v) is 1.58. The number of hydrogen-bond acceptors (Lipinski definition) is 0. The van der Waals surface area contributed by atoms with Crippen molar-refractivity contribution in [3.8, 4) is 11.8 Å². The van der Waals surface area contributed by atoms with E-state index < -0.39 is 11.6 Å². The predicted molar refractivity (Wildman–Crippen MR) is 48.1 cm³/mol. The first-order valence-corrected chi connectivity index (χ1v) is 4.13. The zero-order chi connectivity index (χ0) is 9.68. The van der Waals surface area contributed by atoms with Crippen molar-refractivity contribution in [2.75, 3.05) is 0 Å². The van der Waals surface area contributed by atoms with Crippen LogP contribution in [-0.4, -0.2) is 0 Å². The van der Waals surface area contributed by atoms with E-state index in [1.807, 2.05) is 6.92 Å². The van der Waals surface area contributed by atoms with E-state index >= 15 is 0 Å². The van der Waals surface area contributed by atoms with Crippen LogP contribution < -0.4 is 0 Å². The summed E-state index contributed by atoms with van der Waals surface area (Å²) >= 11 is 0. The molecule has 0 aromatic heterocycles. The van der Waals surface area contributed by atoms with Crippen LogP contribution in [-0.2, 0) is 6.42 Å². The molecule has 1 aromatic rings. The van der Waals surface area contributed by atoms with Crippen molar-refractivity contribution in [3.05, 3.63) is 35.4 Å². The molecule has 13 heavy (non-hydrogen) atoms. The molecule has 0 aliphatic heterocycles. The zero-order valence-corrected chi connectivity index (χ0v) is 7.40. The summed E-state index contributed by atoms with van der Waals surface area (Å²) in [6.07, 6.45) is 1.26. The highest BCUT2D eigenvalue weighted by atomic mass is 19.2. The van der Waals surface area contributed by atoms with Gasteiger partial charge in [0, 0.05) is 12.8 Å². The molecule has 68 valence electrons. The molecule has 0 heterocycles. The van der Waals surface area contributed by atoms with E-state index in [0.717, 1.165) is 12.5 Å². The lowest BCUT2D eigenvalue weighted by molar-refractivity contribution is 0.507. The molecular formula is C11H10F2. The second kappa shape index (κ2) is 4.61. The van der Waals surface area contributed by atoms with E-state index in [2.05, 4.69) is 11.8 Å². The lowest BCUT2D eigenvalue weighted by atomic mass is 10.1. The molecule has 0 atom stereocenters. The van der Waals surface area contributed by atoms with Gasteiger partial charge in [0.25, 0.3) is 0 Å². The van der Waals surface area contributed by atoms with Gasteiger partial charge in [-0.05, 0) is 17.7 Å². The third-order valence-electron chi connectivity index (χ3n) is 1.58. The summed E-state index contributed by atoms with van der Waals surface area (Å²) in [4.78, 5) is 0. The van der Waals surface area contributed by atoms with E-state index in [1.54, 1.807) is 6.07 Å². The molecule has 0 spiro atoms. The topological polar surface area (TPSA) is 0 Å². The maximum Gasteiger partial charge on any atom is 0.159 e. The lowest BCUT2D eigenvalue weighted by Crippen LogP contribution is -1.87. The number of halogens is 2. The van der Waals surface area contributed by atoms with Crippen molar-refractivity contribution >= 4 is 0 Å². The molecular weight excluding hydrogens is 170 g/mol.